The SMILES string of the molecule is O=C(N1CC2(C1)CN(c1ccccn1)C2)N1CCc2cc(Cl)ccc21. The topological polar surface area (TPSA) is 39.7 Å². The molecule has 2 saturated heterocycles. The van der Waals surface area contributed by atoms with Gasteiger partial charge in [-0.1, -0.05) is 17.7 Å². The summed E-state index contributed by atoms with van der Waals surface area (Å²) in [5.41, 5.74) is 2.44. The second-order valence-corrected chi connectivity index (χ2v) is 7.79. The quantitative estimate of drug-likeness (QED) is 0.790. The fourth-order valence-corrected chi connectivity index (χ4v) is 4.50. The molecule has 0 saturated carbocycles. The van der Waals surface area contributed by atoms with Crippen molar-refractivity contribution in [3.8, 4) is 0 Å². The highest BCUT2D eigenvalue weighted by Gasteiger charge is 2.54. The maximum absolute atomic E-state index is 12.8. The number of urea groups is 1. The minimum Gasteiger partial charge on any atom is -0.355 e. The average Bonchev–Trinajstić information content (AvgIpc) is 2.96. The summed E-state index contributed by atoms with van der Waals surface area (Å²) in [5, 5.41) is 0.736. The number of fused-ring (bicyclic) bond motifs is 1. The van der Waals surface area contributed by atoms with Gasteiger partial charge in [0.15, 0.2) is 0 Å². The molecule has 2 aromatic rings. The van der Waals surface area contributed by atoms with Gasteiger partial charge in [0.05, 0.1) is 0 Å². The van der Waals surface area contributed by atoms with Crippen molar-refractivity contribution in [3.05, 3.63) is 53.2 Å². The molecule has 0 unspecified atom stereocenters. The summed E-state index contributed by atoms with van der Waals surface area (Å²) in [6.45, 7) is 4.40. The van der Waals surface area contributed by atoms with Crippen molar-refractivity contribution in [1.82, 2.24) is 9.88 Å². The van der Waals surface area contributed by atoms with Crippen LogP contribution in [0.5, 0.6) is 0 Å². The molecule has 0 N–H and O–H groups in total. The number of hydrogen-bond donors (Lipinski definition) is 0. The third kappa shape index (κ3) is 2.37. The van der Waals surface area contributed by atoms with Gasteiger partial charge in [0.2, 0.25) is 0 Å². The number of anilines is 2. The Kier molecular flexibility index (Phi) is 3.22. The number of hydrogen-bond acceptors (Lipinski definition) is 3. The van der Waals surface area contributed by atoms with E-state index in [2.05, 4.69) is 9.88 Å². The molecule has 0 atom stereocenters. The molecule has 0 bridgehead atoms. The Hall–Kier alpha value is -2.27. The predicted octanol–water partition coefficient (Wildman–Crippen LogP) is 3.04. The fourth-order valence-electron chi connectivity index (χ4n) is 4.30. The number of halogens is 1. The number of nitrogens with zero attached hydrogens (tertiary/aromatic N) is 4. The van der Waals surface area contributed by atoms with E-state index in [9.17, 15) is 4.79 Å². The third-order valence-electron chi connectivity index (χ3n) is 5.52. The Bertz CT molecular complexity index is 827. The molecular formula is C19H19ClN4O. The first-order valence-corrected chi connectivity index (χ1v) is 9.02. The molecule has 3 aliphatic rings. The highest BCUT2D eigenvalue weighted by molar-refractivity contribution is 6.30. The minimum absolute atomic E-state index is 0.128. The molecular weight excluding hydrogens is 336 g/mol. The van der Waals surface area contributed by atoms with Gasteiger partial charge in [-0.05, 0) is 42.3 Å². The zero-order valence-electron chi connectivity index (χ0n) is 13.9. The lowest BCUT2D eigenvalue weighted by Crippen LogP contribution is -2.74. The van der Waals surface area contributed by atoms with E-state index in [1.54, 1.807) is 0 Å². The molecule has 3 aliphatic heterocycles. The number of carbonyl (C=O) groups is 1. The first kappa shape index (κ1) is 15.0. The monoisotopic (exact) mass is 354 g/mol. The molecule has 2 fully saturated rings. The van der Waals surface area contributed by atoms with E-state index in [-0.39, 0.29) is 11.4 Å². The Labute approximate surface area is 151 Å². The minimum atomic E-state index is 0.128. The summed E-state index contributed by atoms with van der Waals surface area (Å²) in [6, 6.07) is 11.9. The highest BCUT2D eigenvalue weighted by atomic mass is 35.5. The van der Waals surface area contributed by atoms with Crippen molar-refractivity contribution >= 4 is 29.1 Å². The van der Waals surface area contributed by atoms with Crippen molar-refractivity contribution in [2.24, 2.45) is 5.41 Å². The summed E-state index contributed by atoms with van der Waals surface area (Å²) in [7, 11) is 0. The van der Waals surface area contributed by atoms with E-state index < -0.39 is 0 Å². The van der Waals surface area contributed by atoms with Crippen LogP contribution in [0, 0.1) is 5.41 Å². The molecule has 4 heterocycles. The van der Waals surface area contributed by atoms with E-state index in [1.165, 1.54) is 5.56 Å². The standard InChI is InChI=1S/C19H19ClN4O/c20-15-4-5-16-14(9-15)6-8-24(16)18(25)23-12-19(13-23)10-22(11-19)17-3-1-2-7-21-17/h1-5,7,9H,6,8,10-13H2. The summed E-state index contributed by atoms with van der Waals surface area (Å²) in [5.74, 6) is 1.03. The molecule has 1 spiro atoms. The predicted molar refractivity (Wildman–Crippen MR) is 98.4 cm³/mol. The van der Waals surface area contributed by atoms with Crippen molar-refractivity contribution in [2.45, 2.75) is 6.42 Å². The van der Waals surface area contributed by atoms with Crippen molar-refractivity contribution in [1.29, 1.82) is 0 Å². The molecule has 6 heteroatoms. The van der Waals surface area contributed by atoms with Crippen LogP contribution < -0.4 is 9.80 Å². The smallest absolute Gasteiger partial charge is 0.324 e. The van der Waals surface area contributed by atoms with Crippen LogP contribution in [0.3, 0.4) is 0 Å². The van der Waals surface area contributed by atoms with Crippen LogP contribution in [0.2, 0.25) is 5.02 Å². The Morgan fingerprint density at radius 3 is 2.72 bits per heavy atom. The lowest BCUT2D eigenvalue weighted by atomic mass is 9.73. The molecule has 5 nitrogen and oxygen atoms in total. The van der Waals surface area contributed by atoms with Gasteiger partial charge >= 0.3 is 6.03 Å². The average molecular weight is 355 g/mol. The number of pyridine rings is 1. The van der Waals surface area contributed by atoms with E-state index in [0.717, 1.165) is 55.7 Å². The number of likely N-dealkylation sites (tertiary alicyclic amines) is 1. The lowest BCUT2D eigenvalue weighted by molar-refractivity contribution is 0.00981. The van der Waals surface area contributed by atoms with E-state index in [0.29, 0.717) is 0 Å². The molecule has 2 amide bonds. The maximum atomic E-state index is 12.8. The number of rotatable bonds is 1. The Morgan fingerprint density at radius 1 is 1.12 bits per heavy atom. The summed E-state index contributed by atoms with van der Waals surface area (Å²) < 4.78 is 0. The Balaban J connectivity index is 1.22. The van der Waals surface area contributed by atoms with Gasteiger partial charge in [-0.3, -0.25) is 4.90 Å². The lowest BCUT2D eigenvalue weighted by Gasteiger charge is -2.60. The zero-order valence-corrected chi connectivity index (χ0v) is 14.6. The van der Waals surface area contributed by atoms with Crippen LogP contribution in [0.25, 0.3) is 0 Å². The number of carbonyl (C=O) groups excluding carboxylic acids is 1. The van der Waals surface area contributed by atoms with Crippen LogP contribution in [-0.2, 0) is 6.42 Å². The summed E-state index contributed by atoms with van der Waals surface area (Å²) in [4.78, 5) is 23.4. The number of amides is 2. The van der Waals surface area contributed by atoms with Gasteiger partial charge in [-0.25, -0.2) is 9.78 Å². The second-order valence-electron chi connectivity index (χ2n) is 7.36. The first-order valence-electron chi connectivity index (χ1n) is 8.64. The van der Waals surface area contributed by atoms with Gasteiger partial charge in [0, 0.05) is 55.0 Å². The molecule has 128 valence electrons. The van der Waals surface area contributed by atoms with Gasteiger partial charge in [-0.15, -0.1) is 0 Å². The molecule has 25 heavy (non-hydrogen) atoms. The van der Waals surface area contributed by atoms with Crippen LogP contribution in [0.15, 0.2) is 42.6 Å². The number of aromatic nitrogens is 1. The van der Waals surface area contributed by atoms with Gasteiger partial charge < -0.3 is 9.80 Å². The van der Waals surface area contributed by atoms with Crippen molar-refractivity contribution < 1.29 is 4.79 Å². The van der Waals surface area contributed by atoms with E-state index in [4.69, 9.17) is 11.6 Å². The molecule has 0 aliphatic carbocycles. The van der Waals surface area contributed by atoms with Crippen molar-refractivity contribution in [2.75, 3.05) is 42.5 Å². The normalized spacial score (nSPS) is 20.3. The third-order valence-corrected chi connectivity index (χ3v) is 5.75. The van der Waals surface area contributed by atoms with E-state index >= 15 is 0 Å². The fraction of sp³-hybridized carbons (Fsp3) is 0.368. The van der Waals surface area contributed by atoms with Crippen LogP contribution in [0.1, 0.15) is 5.56 Å². The molecule has 0 radical (unpaired) electrons. The summed E-state index contributed by atoms with van der Waals surface area (Å²) in [6.07, 6.45) is 2.71. The first-order chi connectivity index (χ1) is 12.1. The molecule has 5 rings (SSSR count). The molecule has 1 aromatic heterocycles. The zero-order chi connectivity index (χ0) is 17.0. The number of benzene rings is 1. The largest absolute Gasteiger partial charge is 0.355 e. The van der Waals surface area contributed by atoms with Crippen LogP contribution in [0.4, 0.5) is 16.3 Å². The second kappa shape index (κ2) is 5.36. The molecule has 1 aromatic carbocycles. The van der Waals surface area contributed by atoms with Gasteiger partial charge in [0.25, 0.3) is 0 Å². The maximum Gasteiger partial charge on any atom is 0.324 e. The van der Waals surface area contributed by atoms with Gasteiger partial charge in [-0.2, -0.15) is 0 Å². The highest BCUT2D eigenvalue weighted by Crippen LogP contribution is 2.42. The van der Waals surface area contributed by atoms with Gasteiger partial charge in [0.1, 0.15) is 5.82 Å². The van der Waals surface area contributed by atoms with Crippen LogP contribution >= 0.6 is 11.6 Å². The van der Waals surface area contributed by atoms with E-state index in [1.807, 2.05) is 52.4 Å². The summed E-state index contributed by atoms with van der Waals surface area (Å²) >= 11 is 6.06. The van der Waals surface area contributed by atoms with Crippen molar-refractivity contribution in [3.63, 3.8) is 0 Å². The Morgan fingerprint density at radius 2 is 1.96 bits per heavy atom. The van der Waals surface area contributed by atoms with Crippen LogP contribution in [-0.4, -0.2) is 48.6 Å².